The molecule has 1 heterocycles. The zero-order valence-corrected chi connectivity index (χ0v) is 12.4. The normalized spacial score (nSPS) is 12.7. The standard InChI is InChI=1S/C12H11BrClFN2S/c13-12-5-8(6-18-12)11(17-16)4-7-1-2-9(14)10(15)3-7/h1-3,5-6,11,17H,4,16H2. The maximum Gasteiger partial charge on any atom is 0.142 e. The third-order valence-corrected chi connectivity index (χ3v) is 4.44. The van der Waals surface area contributed by atoms with Crippen molar-refractivity contribution < 1.29 is 4.39 Å². The van der Waals surface area contributed by atoms with Gasteiger partial charge in [-0.3, -0.25) is 11.3 Å². The molecule has 18 heavy (non-hydrogen) atoms. The number of hydrogen-bond acceptors (Lipinski definition) is 3. The fourth-order valence-corrected chi connectivity index (χ4v) is 3.03. The van der Waals surface area contributed by atoms with Gasteiger partial charge >= 0.3 is 0 Å². The fraction of sp³-hybridized carbons (Fsp3) is 0.167. The molecule has 0 spiro atoms. The van der Waals surface area contributed by atoms with Crippen LogP contribution >= 0.6 is 38.9 Å². The zero-order chi connectivity index (χ0) is 13.1. The predicted molar refractivity (Wildman–Crippen MR) is 77.2 cm³/mol. The summed E-state index contributed by atoms with van der Waals surface area (Å²) in [5, 5.41) is 2.15. The van der Waals surface area contributed by atoms with E-state index in [1.807, 2.05) is 11.4 Å². The van der Waals surface area contributed by atoms with Crippen LogP contribution in [0.5, 0.6) is 0 Å². The molecular formula is C12H11BrClFN2S. The smallest absolute Gasteiger partial charge is 0.142 e. The molecule has 2 rings (SSSR count). The molecule has 0 bridgehead atoms. The molecule has 96 valence electrons. The van der Waals surface area contributed by atoms with Gasteiger partial charge in [-0.25, -0.2) is 4.39 Å². The van der Waals surface area contributed by atoms with Crippen molar-refractivity contribution in [3.8, 4) is 0 Å². The number of halogens is 3. The van der Waals surface area contributed by atoms with E-state index in [1.54, 1.807) is 23.5 Å². The predicted octanol–water partition coefficient (Wildman–Crippen LogP) is 4.05. The molecule has 3 N–H and O–H groups in total. The van der Waals surface area contributed by atoms with Crippen molar-refractivity contribution in [2.45, 2.75) is 12.5 Å². The molecule has 1 unspecified atom stereocenters. The van der Waals surface area contributed by atoms with E-state index in [9.17, 15) is 4.39 Å². The molecular weight excluding hydrogens is 339 g/mol. The van der Waals surface area contributed by atoms with Crippen LogP contribution in [-0.2, 0) is 6.42 Å². The first-order valence-electron chi connectivity index (χ1n) is 5.24. The van der Waals surface area contributed by atoms with Gasteiger partial charge in [0, 0.05) is 0 Å². The second kappa shape index (κ2) is 6.12. The van der Waals surface area contributed by atoms with Crippen molar-refractivity contribution in [2.75, 3.05) is 0 Å². The van der Waals surface area contributed by atoms with Crippen LogP contribution in [0.25, 0.3) is 0 Å². The average molecular weight is 350 g/mol. The van der Waals surface area contributed by atoms with Crippen molar-refractivity contribution in [1.82, 2.24) is 5.43 Å². The Kier molecular flexibility index (Phi) is 4.75. The Morgan fingerprint density at radius 3 is 2.78 bits per heavy atom. The van der Waals surface area contributed by atoms with Crippen molar-refractivity contribution in [3.63, 3.8) is 0 Å². The highest BCUT2D eigenvalue weighted by Gasteiger charge is 2.13. The fourth-order valence-electron chi connectivity index (χ4n) is 1.68. The number of hydrogen-bond donors (Lipinski definition) is 2. The van der Waals surface area contributed by atoms with E-state index in [0.717, 1.165) is 14.9 Å². The molecule has 2 nitrogen and oxygen atoms in total. The molecule has 1 atom stereocenters. The van der Waals surface area contributed by atoms with E-state index in [2.05, 4.69) is 21.4 Å². The van der Waals surface area contributed by atoms with Gasteiger partial charge in [0.1, 0.15) is 5.82 Å². The van der Waals surface area contributed by atoms with Crippen LogP contribution in [-0.4, -0.2) is 0 Å². The van der Waals surface area contributed by atoms with Gasteiger partial charge in [0.15, 0.2) is 0 Å². The average Bonchev–Trinajstić information content (AvgIpc) is 2.77. The van der Waals surface area contributed by atoms with E-state index in [1.165, 1.54) is 6.07 Å². The maximum absolute atomic E-state index is 13.4. The number of benzene rings is 1. The number of nitrogens with one attached hydrogen (secondary N) is 1. The second-order valence-electron chi connectivity index (χ2n) is 3.86. The maximum atomic E-state index is 13.4. The third kappa shape index (κ3) is 3.30. The van der Waals surface area contributed by atoms with Crippen LogP contribution in [0.4, 0.5) is 4.39 Å². The van der Waals surface area contributed by atoms with E-state index in [0.29, 0.717) is 6.42 Å². The van der Waals surface area contributed by atoms with Gasteiger partial charge in [-0.2, -0.15) is 0 Å². The summed E-state index contributed by atoms with van der Waals surface area (Å²) in [4.78, 5) is 0. The van der Waals surface area contributed by atoms with Gasteiger partial charge in [-0.05, 0) is 57.1 Å². The number of thiophene rings is 1. The number of hydrazine groups is 1. The number of rotatable bonds is 4. The lowest BCUT2D eigenvalue weighted by Gasteiger charge is -2.14. The molecule has 0 aliphatic rings. The van der Waals surface area contributed by atoms with E-state index in [-0.39, 0.29) is 11.1 Å². The van der Waals surface area contributed by atoms with Crippen LogP contribution in [0.2, 0.25) is 5.02 Å². The van der Waals surface area contributed by atoms with Crippen molar-refractivity contribution in [3.05, 3.63) is 55.4 Å². The van der Waals surface area contributed by atoms with Gasteiger partial charge in [-0.15, -0.1) is 11.3 Å². The molecule has 0 amide bonds. The van der Waals surface area contributed by atoms with Gasteiger partial charge in [-0.1, -0.05) is 17.7 Å². The Hall–Kier alpha value is -0.460. The minimum atomic E-state index is -0.406. The van der Waals surface area contributed by atoms with Crippen LogP contribution < -0.4 is 11.3 Å². The van der Waals surface area contributed by atoms with Crippen LogP contribution in [0.1, 0.15) is 17.2 Å². The highest BCUT2D eigenvalue weighted by molar-refractivity contribution is 9.11. The van der Waals surface area contributed by atoms with Crippen molar-refractivity contribution >= 4 is 38.9 Å². The third-order valence-electron chi connectivity index (χ3n) is 2.62. The van der Waals surface area contributed by atoms with E-state index < -0.39 is 5.82 Å². The Labute approximate surface area is 122 Å². The topological polar surface area (TPSA) is 38.0 Å². The Morgan fingerprint density at radius 2 is 2.22 bits per heavy atom. The summed E-state index contributed by atoms with van der Waals surface area (Å²) < 4.78 is 14.4. The summed E-state index contributed by atoms with van der Waals surface area (Å²) in [6, 6.07) is 6.75. The molecule has 1 aromatic heterocycles. The summed E-state index contributed by atoms with van der Waals surface area (Å²) in [7, 11) is 0. The van der Waals surface area contributed by atoms with Crippen LogP contribution in [0, 0.1) is 5.82 Å². The summed E-state index contributed by atoms with van der Waals surface area (Å²) in [5.41, 5.74) is 4.67. The zero-order valence-electron chi connectivity index (χ0n) is 9.29. The highest BCUT2D eigenvalue weighted by Crippen LogP contribution is 2.27. The molecule has 0 saturated heterocycles. The SMILES string of the molecule is NNC(Cc1ccc(Cl)c(F)c1)c1csc(Br)c1. The van der Waals surface area contributed by atoms with Gasteiger partial charge in [0.2, 0.25) is 0 Å². The largest absolute Gasteiger partial charge is 0.271 e. The minimum Gasteiger partial charge on any atom is -0.271 e. The minimum absolute atomic E-state index is 0.0480. The molecule has 1 aromatic carbocycles. The summed E-state index contributed by atoms with van der Waals surface area (Å²) in [6.45, 7) is 0. The molecule has 2 aromatic rings. The lowest BCUT2D eigenvalue weighted by atomic mass is 10.0. The van der Waals surface area contributed by atoms with Gasteiger partial charge in [0.25, 0.3) is 0 Å². The molecule has 0 aliphatic heterocycles. The van der Waals surface area contributed by atoms with E-state index >= 15 is 0 Å². The van der Waals surface area contributed by atoms with E-state index in [4.69, 9.17) is 17.4 Å². The molecule has 6 heteroatoms. The summed E-state index contributed by atoms with van der Waals surface area (Å²) >= 11 is 10.7. The monoisotopic (exact) mass is 348 g/mol. The Morgan fingerprint density at radius 1 is 1.44 bits per heavy atom. The first kappa shape index (κ1) is 14.0. The molecule has 0 radical (unpaired) electrons. The lowest BCUT2D eigenvalue weighted by Crippen LogP contribution is -2.29. The number of nitrogens with two attached hydrogens (primary N) is 1. The lowest BCUT2D eigenvalue weighted by molar-refractivity contribution is 0.550. The Balaban J connectivity index is 2.17. The second-order valence-corrected chi connectivity index (χ2v) is 6.55. The molecule has 0 aliphatic carbocycles. The summed E-state index contributed by atoms with van der Waals surface area (Å²) in [6.07, 6.45) is 0.605. The summed E-state index contributed by atoms with van der Waals surface area (Å²) in [5.74, 6) is 5.14. The quantitative estimate of drug-likeness (QED) is 0.645. The van der Waals surface area contributed by atoms with Crippen molar-refractivity contribution in [2.24, 2.45) is 5.84 Å². The Bertz CT molecular complexity index is 547. The highest BCUT2D eigenvalue weighted by atomic mass is 79.9. The first-order chi connectivity index (χ1) is 8.60. The molecule has 0 fully saturated rings. The van der Waals surface area contributed by atoms with Crippen LogP contribution in [0.15, 0.2) is 33.4 Å². The van der Waals surface area contributed by atoms with Crippen LogP contribution in [0.3, 0.4) is 0 Å². The van der Waals surface area contributed by atoms with Gasteiger partial charge in [0.05, 0.1) is 14.9 Å². The van der Waals surface area contributed by atoms with Gasteiger partial charge < -0.3 is 0 Å². The van der Waals surface area contributed by atoms with Crippen molar-refractivity contribution in [1.29, 1.82) is 0 Å². The molecule has 0 saturated carbocycles. The first-order valence-corrected chi connectivity index (χ1v) is 7.29.